The van der Waals surface area contributed by atoms with E-state index in [0.717, 1.165) is 18.2 Å². The molecule has 0 saturated heterocycles. The summed E-state index contributed by atoms with van der Waals surface area (Å²) in [6, 6.07) is 4.81. The molecule has 1 heterocycles. The lowest BCUT2D eigenvalue weighted by molar-refractivity contribution is -0.383. The number of non-ortho nitro benzene ring substituents is 1. The lowest BCUT2D eigenvalue weighted by atomic mass is 10.0. The van der Waals surface area contributed by atoms with Crippen molar-refractivity contribution in [3.8, 4) is 0 Å². The fraction of sp³-hybridized carbons (Fsp3) is 0. The summed E-state index contributed by atoms with van der Waals surface area (Å²) in [4.78, 5) is 36.5. The molecule has 2 aromatic rings. The summed E-state index contributed by atoms with van der Waals surface area (Å²) >= 11 is 0. The van der Waals surface area contributed by atoms with Gasteiger partial charge in [-0.25, -0.2) is 18.5 Å². The molecular weight excluding hydrogens is 326 g/mol. The maximum absolute atomic E-state index is 11.7. The van der Waals surface area contributed by atoms with Crippen molar-refractivity contribution in [2.45, 2.75) is 4.90 Å². The highest BCUT2D eigenvalue weighted by atomic mass is 32.2. The SMILES string of the molecule is NS(=O)(=O)c1cccc2c3c(cc([N+](=O)[O-])c12)=NC(=O)C(=O)C=3. The van der Waals surface area contributed by atoms with Crippen LogP contribution in [0.3, 0.4) is 0 Å². The Balaban J connectivity index is 2.69. The van der Waals surface area contributed by atoms with Crippen LogP contribution in [0.5, 0.6) is 0 Å². The van der Waals surface area contributed by atoms with E-state index in [1.807, 2.05) is 0 Å². The van der Waals surface area contributed by atoms with Gasteiger partial charge in [0.2, 0.25) is 15.8 Å². The van der Waals surface area contributed by atoms with Crippen LogP contribution in [0.2, 0.25) is 0 Å². The van der Waals surface area contributed by atoms with Crippen LogP contribution in [0.15, 0.2) is 34.2 Å². The number of ketones is 1. The molecule has 9 nitrogen and oxygen atoms in total. The number of nitrogens with two attached hydrogens (primary N) is 1. The van der Waals surface area contributed by atoms with E-state index in [2.05, 4.69) is 4.99 Å². The molecule has 116 valence electrons. The Hall–Kier alpha value is -2.98. The largest absolute Gasteiger partial charge is 0.317 e. The highest BCUT2D eigenvalue weighted by Crippen LogP contribution is 2.28. The Morgan fingerprint density at radius 2 is 1.91 bits per heavy atom. The van der Waals surface area contributed by atoms with Crippen molar-refractivity contribution in [3.63, 3.8) is 0 Å². The number of hydrogen-bond acceptors (Lipinski definition) is 6. The molecular formula is C13H7N3O6S. The third-order valence-corrected chi connectivity index (χ3v) is 4.29. The zero-order valence-electron chi connectivity index (χ0n) is 11.2. The van der Waals surface area contributed by atoms with E-state index >= 15 is 0 Å². The Morgan fingerprint density at radius 1 is 1.22 bits per heavy atom. The second-order valence-corrected chi connectivity index (χ2v) is 6.26. The van der Waals surface area contributed by atoms with Crippen LogP contribution in [0, 0.1) is 10.1 Å². The third-order valence-electron chi connectivity index (χ3n) is 3.33. The second-order valence-electron chi connectivity index (χ2n) is 4.73. The predicted molar refractivity (Wildman–Crippen MR) is 77.2 cm³/mol. The summed E-state index contributed by atoms with van der Waals surface area (Å²) in [6.45, 7) is 0. The van der Waals surface area contributed by atoms with Gasteiger partial charge in [-0.05, 0) is 11.5 Å². The fourth-order valence-electron chi connectivity index (χ4n) is 2.42. The summed E-state index contributed by atoms with van der Waals surface area (Å²) in [5.41, 5.74) is -0.567. The van der Waals surface area contributed by atoms with Gasteiger partial charge in [0, 0.05) is 17.4 Å². The standard InChI is InChI=1S/C13H7N3O6S/c14-23(21,22)11-3-1-2-6-7-4-10(17)13(18)15-8(7)5-9(12(6)11)16(19)20/h1-5H,(H2,14,21,22). The van der Waals surface area contributed by atoms with E-state index in [1.165, 1.54) is 12.1 Å². The van der Waals surface area contributed by atoms with Crippen LogP contribution in [0.4, 0.5) is 5.69 Å². The van der Waals surface area contributed by atoms with E-state index in [4.69, 9.17) is 5.14 Å². The molecule has 23 heavy (non-hydrogen) atoms. The maximum Gasteiger partial charge on any atom is 0.317 e. The van der Waals surface area contributed by atoms with Gasteiger partial charge in [-0.15, -0.1) is 0 Å². The number of Topliss-reactive ketones (excluding diaryl/α,β-unsaturated/α-hetero) is 1. The minimum Gasteiger partial charge on any atom is -0.284 e. The second kappa shape index (κ2) is 4.76. The molecule has 0 aliphatic carbocycles. The Kier molecular flexibility index (Phi) is 3.09. The smallest absolute Gasteiger partial charge is 0.284 e. The van der Waals surface area contributed by atoms with Gasteiger partial charge in [0.15, 0.2) is 0 Å². The normalized spacial score (nSPS) is 14.1. The Bertz CT molecular complexity index is 1150. The first-order valence-electron chi connectivity index (χ1n) is 6.12. The van der Waals surface area contributed by atoms with Crippen LogP contribution in [0.1, 0.15) is 0 Å². The molecule has 2 aromatic carbocycles. The van der Waals surface area contributed by atoms with Gasteiger partial charge in [0.1, 0.15) is 0 Å². The number of nitro groups is 1. The van der Waals surface area contributed by atoms with E-state index < -0.39 is 37.2 Å². The third kappa shape index (κ3) is 2.29. The van der Waals surface area contributed by atoms with E-state index in [0.29, 0.717) is 0 Å². The zero-order valence-corrected chi connectivity index (χ0v) is 12.0. The number of sulfonamides is 1. The van der Waals surface area contributed by atoms with Crippen LogP contribution < -0.4 is 15.7 Å². The average Bonchev–Trinajstić information content (AvgIpc) is 2.46. The molecule has 0 radical (unpaired) electrons. The van der Waals surface area contributed by atoms with Crippen molar-refractivity contribution in [2.24, 2.45) is 10.1 Å². The molecule has 0 fully saturated rings. The van der Waals surface area contributed by atoms with Gasteiger partial charge < -0.3 is 0 Å². The highest BCUT2D eigenvalue weighted by Gasteiger charge is 2.25. The van der Waals surface area contributed by atoms with Crippen LogP contribution in [0.25, 0.3) is 16.8 Å². The van der Waals surface area contributed by atoms with Gasteiger partial charge in [-0.2, -0.15) is 0 Å². The molecule has 1 aliphatic heterocycles. The average molecular weight is 333 g/mol. The molecule has 3 rings (SSSR count). The number of nitrogens with zero attached hydrogens (tertiary/aromatic N) is 2. The molecule has 0 unspecified atom stereocenters. The van der Waals surface area contributed by atoms with Crippen molar-refractivity contribution in [3.05, 3.63) is 45.0 Å². The number of hydrogen-bond donors (Lipinski definition) is 1. The van der Waals surface area contributed by atoms with Gasteiger partial charge >= 0.3 is 5.91 Å². The lowest BCUT2D eigenvalue weighted by Crippen LogP contribution is -2.35. The summed E-state index contributed by atoms with van der Waals surface area (Å²) in [6.07, 6.45) is 0.976. The number of fused-ring (bicyclic) bond motifs is 3. The molecule has 1 aliphatic rings. The number of amides is 1. The van der Waals surface area contributed by atoms with Crippen LogP contribution in [-0.4, -0.2) is 25.0 Å². The van der Waals surface area contributed by atoms with Gasteiger partial charge in [-0.1, -0.05) is 12.1 Å². The lowest BCUT2D eigenvalue weighted by Gasteiger charge is -2.08. The number of nitro benzene ring substituents is 1. The van der Waals surface area contributed by atoms with Crippen molar-refractivity contribution in [2.75, 3.05) is 0 Å². The molecule has 10 heteroatoms. The number of carbonyl (C=O) groups is 2. The molecule has 2 N–H and O–H groups in total. The highest BCUT2D eigenvalue weighted by molar-refractivity contribution is 7.89. The van der Waals surface area contributed by atoms with E-state index in [1.54, 1.807) is 0 Å². The maximum atomic E-state index is 11.7. The van der Waals surface area contributed by atoms with Gasteiger partial charge in [0.25, 0.3) is 5.69 Å². The molecule has 0 saturated carbocycles. The van der Waals surface area contributed by atoms with Crippen molar-refractivity contribution >= 4 is 44.2 Å². The minimum atomic E-state index is -4.24. The quantitative estimate of drug-likeness (QED) is 0.419. The minimum absolute atomic E-state index is 0.0691. The van der Waals surface area contributed by atoms with Crippen molar-refractivity contribution in [1.82, 2.24) is 0 Å². The first kappa shape index (κ1) is 14.9. The number of rotatable bonds is 2. The van der Waals surface area contributed by atoms with Gasteiger partial charge in [-0.3, -0.25) is 19.7 Å². The van der Waals surface area contributed by atoms with Crippen LogP contribution >= 0.6 is 0 Å². The van der Waals surface area contributed by atoms with E-state index in [9.17, 15) is 28.1 Å². The topological polar surface area (TPSA) is 150 Å². The summed E-state index contributed by atoms with van der Waals surface area (Å²) in [7, 11) is -4.24. The number of carbonyl (C=O) groups excluding carboxylic acids is 2. The number of primary sulfonamides is 1. The van der Waals surface area contributed by atoms with Gasteiger partial charge in [0.05, 0.1) is 20.6 Å². The van der Waals surface area contributed by atoms with Crippen LogP contribution in [-0.2, 0) is 19.6 Å². The summed E-state index contributed by atoms with van der Waals surface area (Å²) in [5, 5.41) is 16.3. The number of benzene rings is 2. The zero-order chi connectivity index (χ0) is 16.9. The summed E-state index contributed by atoms with van der Waals surface area (Å²) in [5.74, 6) is -1.94. The summed E-state index contributed by atoms with van der Waals surface area (Å²) < 4.78 is 23.4. The molecule has 0 spiro atoms. The Labute approximate surface area is 127 Å². The fourth-order valence-corrected chi connectivity index (χ4v) is 3.19. The Morgan fingerprint density at radius 3 is 2.52 bits per heavy atom. The van der Waals surface area contributed by atoms with E-state index in [-0.39, 0.29) is 21.3 Å². The molecule has 1 amide bonds. The molecule has 0 aromatic heterocycles. The first-order chi connectivity index (χ1) is 10.7. The first-order valence-corrected chi connectivity index (χ1v) is 7.66. The van der Waals surface area contributed by atoms with Crippen molar-refractivity contribution in [1.29, 1.82) is 0 Å². The predicted octanol–water partition coefficient (Wildman–Crippen LogP) is -1.10. The monoisotopic (exact) mass is 333 g/mol. The molecule has 0 atom stereocenters. The molecule has 0 bridgehead atoms. The van der Waals surface area contributed by atoms with Crippen molar-refractivity contribution < 1.29 is 22.9 Å².